The molecule has 0 aliphatic carbocycles. The summed E-state index contributed by atoms with van der Waals surface area (Å²) in [6, 6.07) is 13.4. The third-order valence-corrected chi connectivity index (χ3v) is 4.79. The summed E-state index contributed by atoms with van der Waals surface area (Å²) in [6.07, 6.45) is 0. The van der Waals surface area contributed by atoms with E-state index in [9.17, 15) is 4.79 Å². The Kier molecular flexibility index (Phi) is 4.30. The first-order valence-corrected chi connectivity index (χ1v) is 8.27. The lowest BCUT2D eigenvalue weighted by Crippen LogP contribution is -2.30. The number of hydrogen-bond donors (Lipinski definition) is 0. The smallest absolute Gasteiger partial charge is 0.260 e. The zero-order valence-electron chi connectivity index (χ0n) is 13.4. The van der Waals surface area contributed by atoms with Gasteiger partial charge in [0.25, 0.3) is 5.91 Å². The zero-order chi connectivity index (χ0) is 16.4. The van der Waals surface area contributed by atoms with Crippen molar-refractivity contribution in [3.63, 3.8) is 0 Å². The Hall–Kier alpha value is -2.40. The van der Waals surface area contributed by atoms with Gasteiger partial charge in [0, 0.05) is 12.1 Å². The Bertz CT molecular complexity index is 824. The Labute approximate surface area is 139 Å². The van der Waals surface area contributed by atoms with E-state index in [2.05, 4.69) is 4.98 Å². The van der Waals surface area contributed by atoms with Crippen molar-refractivity contribution in [1.29, 1.82) is 0 Å². The predicted octanol–water partition coefficient (Wildman–Crippen LogP) is 4.28. The minimum atomic E-state index is -0.0649. The number of methoxy groups -OCH3 is 1. The molecule has 23 heavy (non-hydrogen) atoms. The van der Waals surface area contributed by atoms with Gasteiger partial charge in [0.05, 0.1) is 17.3 Å². The molecule has 1 heterocycles. The van der Waals surface area contributed by atoms with E-state index in [0.717, 1.165) is 26.7 Å². The molecule has 0 bridgehead atoms. The van der Waals surface area contributed by atoms with Gasteiger partial charge in [-0.3, -0.25) is 9.69 Å². The molecule has 0 unspecified atom stereocenters. The van der Waals surface area contributed by atoms with E-state index in [4.69, 9.17) is 4.74 Å². The number of amides is 1. The number of nitrogens with zero attached hydrogens (tertiary/aromatic N) is 2. The van der Waals surface area contributed by atoms with Gasteiger partial charge in [-0.05, 0) is 43.7 Å². The van der Waals surface area contributed by atoms with Crippen molar-refractivity contribution in [3.8, 4) is 5.75 Å². The third-order valence-electron chi connectivity index (χ3n) is 3.73. The lowest BCUT2D eigenvalue weighted by atomic mass is 10.1. The number of benzene rings is 2. The van der Waals surface area contributed by atoms with Gasteiger partial charge in [0.1, 0.15) is 5.75 Å². The van der Waals surface area contributed by atoms with Crippen LogP contribution in [-0.4, -0.2) is 24.5 Å². The Morgan fingerprint density at radius 3 is 2.74 bits per heavy atom. The molecular weight excluding hydrogens is 308 g/mol. The molecule has 2 aromatic carbocycles. The van der Waals surface area contributed by atoms with Gasteiger partial charge in [-0.25, -0.2) is 4.98 Å². The molecule has 0 fully saturated rings. The second kappa shape index (κ2) is 6.38. The van der Waals surface area contributed by atoms with Gasteiger partial charge in [-0.1, -0.05) is 29.5 Å². The quantitative estimate of drug-likeness (QED) is 0.718. The summed E-state index contributed by atoms with van der Waals surface area (Å²) >= 11 is 1.53. The lowest BCUT2D eigenvalue weighted by Gasteiger charge is -2.18. The van der Waals surface area contributed by atoms with Crippen LogP contribution in [0, 0.1) is 6.92 Å². The monoisotopic (exact) mass is 326 g/mol. The molecule has 0 N–H and O–H groups in total. The van der Waals surface area contributed by atoms with Crippen molar-refractivity contribution in [3.05, 3.63) is 53.6 Å². The van der Waals surface area contributed by atoms with Crippen molar-refractivity contribution in [1.82, 2.24) is 4.98 Å². The maximum atomic E-state index is 12.9. The summed E-state index contributed by atoms with van der Waals surface area (Å²) in [7, 11) is 1.61. The number of ether oxygens (including phenoxy) is 1. The highest BCUT2D eigenvalue weighted by Crippen LogP contribution is 2.30. The molecule has 0 aliphatic heterocycles. The SMILES string of the molecule is CCN(C(=O)c1ccc(C)c(OC)c1)c1nc2ccccc2s1. The number of anilines is 1. The Morgan fingerprint density at radius 2 is 2.04 bits per heavy atom. The Morgan fingerprint density at radius 1 is 1.26 bits per heavy atom. The van der Waals surface area contributed by atoms with Crippen LogP contribution >= 0.6 is 11.3 Å². The van der Waals surface area contributed by atoms with Crippen molar-refractivity contribution < 1.29 is 9.53 Å². The van der Waals surface area contributed by atoms with Crippen LogP contribution in [-0.2, 0) is 0 Å². The molecular formula is C18H18N2O2S. The lowest BCUT2D eigenvalue weighted by molar-refractivity contribution is 0.0988. The maximum absolute atomic E-state index is 12.9. The van der Waals surface area contributed by atoms with E-state index in [1.807, 2.05) is 50.2 Å². The van der Waals surface area contributed by atoms with E-state index >= 15 is 0 Å². The van der Waals surface area contributed by atoms with Crippen LogP contribution in [0.2, 0.25) is 0 Å². The summed E-state index contributed by atoms with van der Waals surface area (Å²) in [5, 5.41) is 0.721. The summed E-state index contributed by atoms with van der Waals surface area (Å²) in [6.45, 7) is 4.47. The number of fused-ring (bicyclic) bond motifs is 1. The zero-order valence-corrected chi connectivity index (χ0v) is 14.2. The fraction of sp³-hybridized carbons (Fsp3) is 0.222. The number of carbonyl (C=O) groups excluding carboxylic acids is 1. The fourth-order valence-corrected chi connectivity index (χ4v) is 3.48. The number of rotatable bonds is 4. The molecule has 0 radical (unpaired) electrons. The molecule has 5 heteroatoms. The second-order valence-corrected chi connectivity index (χ2v) is 6.21. The minimum absolute atomic E-state index is 0.0649. The standard InChI is InChI=1S/C18H18N2O2S/c1-4-20(18-19-14-7-5-6-8-16(14)23-18)17(21)13-10-9-12(2)15(11-13)22-3/h5-11H,4H2,1-3H3. The number of hydrogen-bond acceptors (Lipinski definition) is 4. The van der Waals surface area contributed by atoms with E-state index in [1.165, 1.54) is 11.3 Å². The van der Waals surface area contributed by atoms with Crippen molar-refractivity contribution in [2.45, 2.75) is 13.8 Å². The second-order valence-electron chi connectivity index (χ2n) is 5.20. The van der Waals surface area contributed by atoms with Crippen LogP contribution in [0.25, 0.3) is 10.2 Å². The number of carbonyl (C=O) groups is 1. The van der Waals surface area contributed by atoms with Gasteiger partial charge in [-0.2, -0.15) is 0 Å². The molecule has 3 rings (SSSR count). The molecule has 0 aliphatic rings. The molecule has 118 valence electrons. The first kappa shape index (κ1) is 15.5. The van der Waals surface area contributed by atoms with E-state index < -0.39 is 0 Å². The number of aryl methyl sites for hydroxylation is 1. The Balaban J connectivity index is 1.98. The van der Waals surface area contributed by atoms with Crippen molar-refractivity contribution in [2.75, 3.05) is 18.6 Å². The first-order chi connectivity index (χ1) is 11.1. The van der Waals surface area contributed by atoms with Crippen LogP contribution in [0.5, 0.6) is 5.75 Å². The van der Waals surface area contributed by atoms with Gasteiger partial charge < -0.3 is 4.74 Å². The summed E-state index contributed by atoms with van der Waals surface area (Å²) in [4.78, 5) is 19.2. The maximum Gasteiger partial charge on any atom is 0.260 e. The summed E-state index contributed by atoms with van der Waals surface area (Å²) in [5.41, 5.74) is 2.53. The average Bonchev–Trinajstić information content (AvgIpc) is 2.99. The normalized spacial score (nSPS) is 10.7. The average molecular weight is 326 g/mol. The van der Waals surface area contributed by atoms with Crippen molar-refractivity contribution >= 4 is 32.6 Å². The molecule has 4 nitrogen and oxygen atoms in total. The van der Waals surface area contributed by atoms with Crippen LogP contribution < -0.4 is 9.64 Å². The van der Waals surface area contributed by atoms with Crippen LogP contribution in [0.4, 0.5) is 5.13 Å². The van der Waals surface area contributed by atoms with Gasteiger partial charge in [-0.15, -0.1) is 0 Å². The first-order valence-electron chi connectivity index (χ1n) is 7.46. The molecule has 0 saturated carbocycles. The molecule has 1 aromatic heterocycles. The molecule has 0 atom stereocenters. The summed E-state index contributed by atoms with van der Waals surface area (Å²) < 4.78 is 6.40. The summed E-state index contributed by atoms with van der Waals surface area (Å²) in [5.74, 6) is 0.654. The van der Waals surface area contributed by atoms with Gasteiger partial charge in [0.15, 0.2) is 5.13 Å². The molecule has 1 amide bonds. The van der Waals surface area contributed by atoms with Gasteiger partial charge in [0.2, 0.25) is 0 Å². The van der Waals surface area contributed by atoms with Crippen molar-refractivity contribution in [2.24, 2.45) is 0 Å². The highest BCUT2D eigenvalue weighted by Gasteiger charge is 2.20. The highest BCUT2D eigenvalue weighted by atomic mass is 32.1. The fourth-order valence-electron chi connectivity index (χ4n) is 2.45. The molecule has 0 saturated heterocycles. The minimum Gasteiger partial charge on any atom is -0.496 e. The third kappa shape index (κ3) is 2.92. The van der Waals surface area contributed by atoms with E-state index in [1.54, 1.807) is 18.1 Å². The van der Waals surface area contributed by atoms with E-state index in [0.29, 0.717) is 12.1 Å². The van der Waals surface area contributed by atoms with E-state index in [-0.39, 0.29) is 5.91 Å². The van der Waals surface area contributed by atoms with Crippen LogP contribution in [0.15, 0.2) is 42.5 Å². The molecule has 3 aromatic rings. The predicted molar refractivity (Wildman–Crippen MR) is 94.7 cm³/mol. The topological polar surface area (TPSA) is 42.4 Å². The highest BCUT2D eigenvalue weighted by molar-refractivity contribution is 7.22. The number of thiazole rings is 1. The van der Waals surface area contributed by atoms with Crippen LogP contribution in [0.3, 0.4) is 0 Å². The number of para-hydroxylation sites is 1. The largest absolute Gasteiger partial charge is 0.496 e. The molecule has 0 spiro atoms. The number of aromatic nitrogens is 1. The van der Waals surface area contributed by atoms with Crippen LogP contribution in [0.1, 0.15) is 22.8 Å². The van der Waals surface area contributed by atoms with Gasteiger partial charge >= 0.3 is 0 Å².